The van der Waals surface area contributed by atoms with Gasteiger partial charge in [-0.25, -0.2) is 4.79 Å². The lowest BCUT2D eigenvalue weighted by molar-refractivity contribution is -0.123. The summed E-state index contributed by atoms with van der Waals surface area (Å²) in [6.45, 7) is 3.02. The number of methoxy groups -OCH3 is 1. The van der Waals surface area contributed by atoms with Crippen molar-refractivity contribution in [1.82, 2.24) is 0 Å². The molecule has 0 spiro atoms. The molecule has 1 aliphatic rings. The molecule has 1 unspecified atom stereocenters. The number of thiophene rings is 1. The number of aryl methyl sites for hydroxylation is 1. The predicted molar refractivity (Wildman–Crippen MR) is 72.6 cm³/mol. The molecule has 1 aliphatic heterocycles. The fourth-order valence-electron chi connectivity index (χ4n) is 2.02. The molecular weight excluding hydrogens is 266 g/mol. The van der Waals surface area contributed by atoms with E-state index in [1.165, 1.54) is 18.4 Å². The number of rotatable bonds is 3. The van der Waals surface area contributed by atoms with Crippen LogP contribution in [0, 0.1) is 12.8 Å². The van der Waals surface area contributed by atoms with E-state index < -0.39 is 5.97 Å². The van der Waals surface area contributed by atoms with Gasteiger partial charge in [-0.3, -0.25) is 4.79 Å². The van der Waals surface area contributed by atoms with E-state index in [1.54, 1.807) is 0 Å². The summed E-state index contributed by atoms with van der Waals surface area (Å²) >= 11 is 1.28. The number of ether oxygens (including phenoxy) is 2. The molecule has 1 atom stereocenters. The lowest BCUT2D eigenvalue weighted by atomic mass is 10.0. The van der Waals surface area contributed by atoms with E-state index in [0.717, 1.165) is 18.4 Å². The Hall–Kier alpha value is -1.40. The second kappa shape index (κ2) is 6.16. The Bertz CT molecular complexity index is 477. The van der Waals surface area contributed by atoms with Crippen LogP contribution in [0.25, 0.3) is 0 Å². The summed E-state index contributed by atoms with van der Waals surface area (Å²) in [6, 6.07) is 0. The average Bonchev–Trinajstić information content (AvgIpc) is 2.80. The smallest absolute Gasteiger partial charge is 0.350 e. The highest BCUT2D eigenvalue weighted by molar-refractivity contribution is 7.12. The molecule has 2 rings (SSSR count). The molecule has 2 heterocycles. The summed E-state index contributed by atoms with van der Waals surface area (Å²) in [5, 5.41) is 4.67. The maximum atomic E-state index is 12.1. The third-order valence-electron chi connectivity index (χ3n) is 3.13. The van der Waals surface area contributed by atoms with Crippen LogP contribution in [-0.2, 0) is 14.3 Å². The number of hydrogen-bond donors (Lipinski definition) is 1. The largest absolute Gasteiger partial charge is 0.465 e. The molecule has 0 radical (unpaired) electrons. The first-order valence-corrected chi connectivity index (χ1v) is 7.06. The zero-order chi connectivity index (χ0) is 13.8. The minimum absolute atomic E-state index is 0.0913. The maximum absolute atomic E-state index is 12.1. The van der Waals surface area contributed by atoms with Crippen molar-refractivity contribution in [3.63, 3.8) is 0 Å². The minimum atomic E-state index is -0.423. The molecule has 19 heavy (non-hydrogen) atoms. The molecule has 5 nitrogen and oxygen atoms in total. The van der Waals surface area contributed by atoms with E-state index in [4.69, 9.17) is 9.47 Å². The van der Waals surface area contributed by atoms with E-state index >= 15 is 0 Å². The normalized spacial score (nSPS) is 18.9. The molecular formula is C13H17NO4S. The molecule has 1 fully saturated rings. The number of nitrogens with one attached hydrogen (secondary N) is 1. The first kappa shape index (κ1) is 14.0. The highest BCUT2D eigenvalue weighted by Crippen LogP contribution is 2.29. The highest BCUT2D eigenvalue weighted by atomic mass is 32.1. The van der Waals surface area contributed by atoms with Gasteiger partial charge >= 0.3 is 5.97 Å². The lowest BCUT2D eigenvalue weighted by Crippen LogP contribution is -2.30. The summed E-state index contributed by atoms with van der Waals surface area (Å²) in [7, 11) is 1.33. The van der Waals surface area contributed by atoms with Crippen LogP contribution in [0.4, 0.5) is 5.69 Å². The van der Waals surface area contributed by atoms with Gasteiger partial charge in [0.1, 0.15) is 4.88 Å². The lowest BCUT2D eigenvalue weighted by Gasteiger charge is -2.21. The standard InChI is InChI=1S/C13H17NO4S/c1-8-7-19-11(13(16)17-2)10(8)14-12(15)9-4-3-5-18-6-9/h7,9H,3-6H2,1-2H3,(H,14,15). The van der Waals surface area contributed by atoms with Crippen LogP contribution >= 0.6 is 11.3 Å². The molecule has 104 valence electrons. The Balaban J connectivity index is 2.11. The van der Waals surface area contributed by atoms with Crippen LogP contribution in [0.15, 0.2) is 5.38 Å². The van der Waals surface area contributed by atoms with E-state index in [-0.39, 0.29) is 11.8 Å². The second-order valence-corrected chi connectivity index (χ2v) is 5.40. The number of amides is 1. The minimum Gasteiger partial charge on any atom is -0.465 e. The van der Waals surface area contributed by atoms with Gasteiger partial charge < -0.3 is 14.8 Å². The molecule has 1 aromatic heterocycles. The van der Waals surface area contributed by atoms with Crippen molar-refractivity contribution in [1.29, 1.82) is 0 Å². The average molecular weight is 283 g/mol. The summed E-state index contributed by atoms with van der Waals surface area (Å²) in [5.74, 6) is -0.654. The van der Waals surface area contributed by atoms with E-state index in [9.17, 15) is 9.59 Å². The summed E-state index contributed by atoms with van der Waals surface area (Å²) in [4.78, 5) is 24.2. The van der Waals surface area contributed by atoms with Crippen LogP contribution in [0.2, 0.25) is 0 Å². The SMILES string of the molecule is COC(=O)c1scc(C)c1NC(=O)C1CCCOC1. The number of esters is 1. The van der Waals surface area contributed by atoms with Gasteiger partial charge in [-0.15, -0.1) is 11.3 Å². The van der Waals surface area contributed by atoms with Crippen molar-refractivity contribution in [2.75, 3.05) is 25.6 Å². The first-order valence-electron chi connectivity index (χ1n) is 6.18. The zero-order valence-electron chi connectivity index (χ0n) is 11.0. The van der Waals surface area contributed by atoms with Gasteiger partial charge in [-0.1, -0.05) is 0 Å². The molecule has 6 heteroatoms. The monoisotopic (exact) mass is 283 g/mol. The van der Waals surface area contributed by atoms with Crippen LogP contribution < -0.4 is 5.32 Å². The zero-order valence-corrected chi connectivity index (χ0v) is 11.8. The predicted octanol–water partition coefficient (Wildman–Crippen LogP) is 2.21. The molecule has 1 N–H and O–H groups in total. The quantitative estimate of drug-likeness (QED) is 0.864. The van der Waals surface area contributed by atoms with Gasteiger partial charge in [0.05, 0.1) is 25.3 Å². The van der Waals surface area contributed by atoms with Crippen molar-refractivity contribution in [2.24, 2.45) is 5.92 Å². The maximum Gasteiger partial charge on any atom is 0.350 e. The fraction of sp³-hybridized carbons (Fsp3) is 0.538. The van der Waals surface area contributed by atoms with Gasteiger partial charge in [0.25, 0.3) is 0 Å². The van der Waals surface area contributed by atoms with E-state index in [0.29, 0.717) is 23.8 Å². The number of anilines is 1. The molecule has 0 saturated carbocycles. The third-order valence-corrected chi connectivity index (χ3v) is 4.20. The fourth-order valence-corrected chi connectivity index (χ4v) is 2.94. The molecule has 0 aliphatic carbocycles. The Morgan fingerprint density at radius 3 is 2.95 bits per heavy atom. The van der Waals surface area contributed by atoms with Gasteiger partial charge in [-0.05, 0) is 30.7 Å². The Labute approximate surface area is 115 Å². The molecule has 0 bridgehead atoms. The summed E-state index contributed by atoms with van der Waals surface area (Å²) in [5.41, 5.74) is 1.43. The number of carbonyl (C=O) groups excluding carboxylic acids is 2. The van der Waals surface area contributed by atoms with Crippen molar-refractivity contribution < 1.29 is 19.1 Å². The second-order valence-electron chi connectivity index (χ2n) is 4.52. The third kappa shape index (κ3) is 3.13. The molecule has 0 aromatic carbocycles. The van der Waals surface area contributed by atoms with Crippen LogP contribution in [0.1, 0.15) is 28.1 Å². The van der Waals surface area contributed by atoms with Crippen molar-refractivity contribution in [2.45, 2.75) is 19.8 Å². The van der Waals surface area contributed by atoms with Crippen molar-refractivity contribution in [3.05, 3.63) is 15.8 Å². The molecule has 1 amide bonds. The molecule has 1 aromatic rings. The summed E-state index contributed by atoms with van der Waals surface area (Å²) in [6.07, 6.45) is 1.72. The van der Waals surface area contributed by atoms with E-state index in [1.807, 2.05) is 12.3 Å². The first-order chi connectivity index (χ1) is 9.13. The van der Waals surface area contributed by atoms with Crippen molar-refractivity contribution in [3.8, 4) is 0 Å². The van der Waals surface area contributed by atoms with Crippen LogP contribution in [0.3, 0.4) is 0 Å². The Kier molecular flexibility index (Phi) is 4.55. The van der Waals surface area contributed by atoms with E-state index in [2.05, 4.69) is 5.32 Å². The van der Waals surface area contributed by atoms with Gasteiger partial charge in [0.15, 0.2) is 0 Å². The van der Waals surface area contributed by atoms with Gasteiger partial charge in [-0.2, -0.15) is 0 Å². The summed E-state index contributed by atoms with van der Waals surface area (Å²) < 4.78 is 10.0. The Morgan fingerprint density at radius 2 is 2.32 bits per heavy atom. The van der Waals surface area contributed by atoms with Gasteiger partial charge in [0, 0.05) is 6.61 Å². The highest BCUT2D eigenvalue weighted by Gasteiger charge is 2.25. The van der Waals surface area contributed by atoms with Crippen LogP contribution in [0.5, 0.6) is 0 Å². The van der Waals surface area contributed by atoms with Crippen molar-refractivity contribution >= 4 is 28.9 Å². The number of hydrogen-bond acceptors (Lipinski definition) is 5. The van der Waals surface area contributed by atoms with Gasteiger partial charge in [0.2, 0.25) is 5.91 Å². The Morgan fingerprint density at radius 1 is 1.53 bits per heavy atom. The topological polar surface area (TPSA) is 64.6 Å². The van der Waals surface area contributed by atoms with Crippen LogP contribution in [-0.4, -0.2) is 32.2 Å². The molecule has 1 saturated heterocycles. The number of carbonyl (C=O) groups is 2.